The Balaban J connectivity index is 1.90. The first kappa shape index (κ1) is 14.4. The van der Waals surface area contributed by atoms with Crippen LogP contribution in [0.5, 0.6) is 0 Å². The maximum Gasteiger partial charge on any atom is 0.121 e. The number of benzene rings is 2. The number of pyridine rings is 1. The molecule has 0 aliphatic carbocycles. The summed E-state index contributed by atoms with van der Waals surface area (Å²) in [5, 5.41) is 20.8. The molecule has 0 fully saturated rings. The molecule has 2 atom stereocenters. The van der Waals surface area contributed by atoms with Gasteiger partial charge in [-0.1, -0.05) is 66.7 Å². The predicted octanol–water partition coefficient (Wildman–Crippen LogP) is 3.25. The van der Waals surface area contributed by atoms with E-state index in [4.69, 9.17) is 0 Å². The van der Waals surface area contributed by atoms with E-state index in [2.05, 4.69) is 4.98 Å². The molecule has 0 amide bonds. The van der Waals surface area contributed by atoms with E-state index in [9.17, 15) is 10.2 Å². The zero-order valence-electron chi connectivity index (χ0n) is 12.0. The number of nitrogens with zero attached hydrogens (tertiary/aromatic N) is 1. The van der Waals surface area contributed by atoms with Gasteiger partial charge in [0.2, 0.25) is 0 Å². The second-order valence-corrected chi connectivity index (χ2v) is 5.11. The number of aliphatic hydroxyl groups excluding tert-OH is 2. The second-order valence-electron chi connectivity index (χ2n) is 5.11. The van der Waals surface area contributed by atoms with Gasteiger partial charge in [0.25, 0.3) is 0 Å². The van der Waals surface area contributed by atoms with Crippen LogP contribution in [-0.2, 0) is 0 Å². The fourth-order valence-electron chi connectivity index (χ4n) is 2.39. The molecule has 3 aromatic rings. The largest absolute Gasteiger partial charge is 0.382 e. The minimum atomic E-state index is -0.802. The summed E-state index contributed by atoms with van der Waals surface area (Å²) in [6.07, 6.45) is -1.60. The first-order chi connectivity index (χ1) is 10.8. The summed E-state index contributed by atoms with van der Waals surface area (Å²) in [6.45, 7) is 0. The predicted molar refractivity (Wildman–Crippen MR) is 85.2 cm³/mol. The number of hydrogen-bond acceptors (Lipinski definition) is 3. The Labute approximate surface area is 129 Å². The monoisotopic (exact) mass is 291 g/mol. The summed E-state index contributed by atoms with van der Waals surface area (Å²) in [5.41, 5.74) is 2.61. The second kappa shape index (κ2) is 6.52. The SMILES string of the molecule is O[C@H](c1ccccc1)c1cccc([C@H](O)c2ccccc2)n1. The van der Waals surface area contributed by atoms with E-state index < -0.39 is 12.2 Å². The molecule has 0 aliphatic heterocycles. The molecule has 3 rings (SSSR count). The third-order valence-corrected chi connectivity index (χ3v) is 3.58. The summed E-state index contributed by atoms with van der Waals surface area (Å²) < 4.78 is 0. The summed E-state index contributed by atoms with van der Waals surface area (Å²) >= 11 is 0. The lowest BCUT2D eigenvalue weighted by molar-refractivity contribution is 0.204. The van der Waals surface area contributed by atoms with Crippen molar-refractivity contribution in [3.05, 3.63) is 101 Å². The molecule has 3 heteroatoms. The van der Waals surface area contributed by atoms with Gasteiger partial charge in [0.15, 0.2) is 0 Å². The van der Waals surface area contributed by atoms with Crippen LogP contribution < -0.4 is 0 Å². The Morgan fingerprint density at radius 3 is 1.36 bits per heavy atom. The molecule has 2 aromatic carbocycles. The van der Waals surface area contributed by atoms with Crippen LogP contribution in [0.2, 0.25) is 0 Å². The lowest BCUT2D eigenvalue weighted by Crippen LogP contribution is -2.07. The van der Waals surface area contributed by atoms with E-state index in [0.717, 1.165) is 11.1 Å². The average molecular weight is 291 g/mol. The van der Waals surface area contributed by atoms with Crippen molar-refractivity contribution in [2.45, 2.75) is 12.2 Å². The molecular weight excluding hydrogens is 274 g/mol. The standard InChI is InChI=1S/C19H17NO2/c21-18(14-8-3-1-4-9-14)16-12-7-13-17(20-16)19(22)15-10-5-2-6-11-15/h1-13,18-19,21-22H/t18-,19-/m1/s1. The van der Waals surface area contributed by atoms with Crippen molar-refractivity contribution in [2.24, 2.45) is 0 Å². The van der Waals surface area contributed by atoms with E-state index in [1.165, 1.54) is 0 Å². The van der Waals surface area contributed by atoms with Gasteiger partial charge in [-0.25, -0.2) is 0 Å². The maximum atomic E-state index is 10.4. The summed E-state index contributed by atoms with van der Waals surface area (Å²) in [7, 11) is 0. The number of hydrogen-bond donors (Lipinski definition) is 2. The quantitative estimate of drug-likeness (QED) is 0.776. The van der Waals surface area contributed by atoms with Crippen LogP contribution in [0.3, 0.4) is 0 Å². The molecule has 1 aromatic heterocycles. The Bertz CT molecular complexity index is 668. The summed E-state index contributed by atoms with van der Waals surface area (Å²) in [6, 6.07) is 24.1. The van der Waals surface area contributed by atoms with E-state index in [-0.39, 0.29) is 0 Å². The van der Waals surface area contributed by atoms with Gasteiger partial charge in [-0.05, 0) is 23.3 Å². The van der Waals surface area contributed by atoms with Crippen LogP contribution in [0.1, 0.15) is 34.7 Å². The van der Waals surface area contributed by atoms with Crippen LogP contribution in [0.4, 0.5) is 0 Å². The van der Waals surface area contributed by atoms with Crippen molar-refractivity contribution in [3.8, 4) is 0 Å². The Morgan fingerprint density at radius 2 is 0.955 bits per heavy atom. The van der Waals surface area contributed by atoms with E-state index >= 15 is 0 Å². The van der Waals surface area contributed by atoms with Gasteiger partial charge in [0.05, 0.1) is 11.4 Å². The average Bonchev–Trinajstić information content (AvgIpc) is 2.62. The normalized spacial score (nSPS) is 13.5. The maximum absolute atomic E-state index is 10.4. The van der Waals surface area contributed by atoms with Crippen molar-refractivity contribution in [1.82, 2.24) is 4.98 Å². The molecule has 0 saturated heterocycles. The lowest BCUT2D eigenvalue weighted by Gasteiger charge is -2.15. The number of aliphatic hydroxyl groups is 2. The highest BCUT2D eigenvalue weighted by molar-refractivity contribution is 5.30. The Morgan fingerprint density at radius 1 is 0.545 bits per heavy atom. The molecule has 0 radical (unpaired) electrons. The van der Waals surface area contributed by atoms with Crippen LogP contribution in [0, 0.1) is 0 Å². The summed E-state index contributed by atoms with van der Waals surface area (Å²) in [5.74, 6) is 0. The van der Waals surface area contributed by atoms with Gasteiger partial charge in [0, 0.05) is 0 Å². The number of aromatic nitrogens is 1. The minimum Gasteiger partial charge on any atom is -0.382 e. The molecule has 1 heterocycles. The molecule has 2 N–H and O–H groups in total. The highest BCUT2D eigenvalue weighted by Gasteiger charge is 2.16. The topological polar surface area (TPSA) is 53.4 Å². The van der Waals surface area contributed by atoms with E-state index in [1.807, 2.05) is 60.7 Å². The highest BCUT2D eigenvalue weighted by Crippen LogP contribution is 2.24. The third kappa shape index (κ3) is 3.06. The van der Waals surface area contributed by atoms with E-state index in [1.54, 1.807) is 18.2 Å². The van der Waals surface area contributed by atoms with Gasteiger partial charge >= 0.3 is 0 Å². The zero-order chi connectivity index (χ0) is 15.4. The number of rotatable bonds is 4. The fraction of sp³-hybridized carbons (Fsp3) is 0.105. The third-order valence-electron chi connectivity index (χ3n) is 3.58. The first-order valence-electron chi connectivity index (χ1n) is 7.18. The zero-order valence-corrected chi connectivity index (χ0v) is 12.0. The molecule has 0 bridgehead atoms. The minimum absolute atomic E-state index is 0.527. The lowest BCUT2D eigenvalue weighted by atomic mass is 10.0. The molecule has 3 nitrogen and oxygen atoms in total. The molecule has 0 unspecified atom stereocenters. The smallest absolute Gasteiger partial charge is 0.121 e. The van der Waals surface area contributed by atoms with Crippen LogP contribution >= 0.6 is 0 Å². The highest BCUT2D eigenvalue weighted by atomic mass is 16.3. The van der Waals surface area contributed by atoms with Gasteiger partial charge in [-0.2, -0.15) is 0 Å². The fourth-order valence-corrected chi connectivity index (χ4v) is 2.39. The molecule has 110 valence electrons. The van der Waals surface area contributed by atoms with Crippen LogP contribution in [-0.4, -0.2) is 15.2 Å². The molecule has 22 heavy (non-hydrogen) atoms. The van der Waals surface area contributed by atoms with Crippen molar-refractivity contribution in [1.29, 1.82) is 0 Å². The van der Waals surface area contributed by atoms with Crippen LogP contribution in [0.15, 0.2) is 78.9 Å². The Kier molecular flexibility index (Phi) is 4.28. The molecular formula is C19H17NO2. The van der Waals surface area contributed by atoms with Gasteiger partial charge < -0.3 is 10.2 Å². The Hall–Kier alpha value is -2.49. The molecule has 0 aliphatic rings. The van der Waals surface area contributed by atoms with Gasteiger partial charge in [-0.3, -0.25) is 4.98 Å². The first-order valence-corrected chi connectivity index (χ1v) is 7.18. The van der Waals surface area contributed by atoms with Gasteiger partial charge in [0.1, 0.15) is 12.2 Å². The van der Waals surface area contributed by atoms with Crippen molar-refractivity contribution in [2.75, 3.05) is 0 Å². The molecule has 0 saturated carbocycles. The van der Waals surface area contributed by atoms with Crippen molar-refractivity contribution in [3.63, 3.8) is 0 Å². The van der Waals surface area contributed by atoms with Crippen molar-refractivity contribution >= 4 is 0 Å². The van der Waals surface area contributed by atoms with E-state index in [0.29, 0.717) is 11.4 Å². The summed E-state index contributed by atoms with van der Waals surface area (Å²) in [4.78, 5) is 4.43. The van der Waals surface area contributed by atoms with Gasteiger partial charge in [-0.15, -0.1) is 0 Å². The van der Waals surface area contributed by atoms with Crippen molar-refractivity contribution < 1.29 is 10.2 Å². The molecule has 0 spiro atoms. The van der Waals surface area contributed by atoms with Crippen LogP contribution in [0.25, 0.3) is 0 Å².